The van der Waals surface area contributed by atoms with Gasteiger partial charge in [-0.3, -0.25) is 0 Å². The number of carbonyl (C=O) groups excluding carboxylic acids is 1. The average molecular weight is 340 g/mol. The molecule has 2 aromatic rings. The summed E-state index contributed by atoms with van der Waals surface area (Å²) in [5.74, 6) is 0.437. The van der Waals surface area contributed by atoms with Crippen LogP contribution in [-0.4, -0.2) is 16.8 Å². The summed E-state index contributed by atoms with van der Waals surface area (Å²) in [5, 5.41) is 10.3. The number of hydrogen-bond acceptors (Lipinski definition) is 4. The molecule has 24 heavy (non-hydrogen) atoms. The predicted molar refractivity (Wildman–Crippen MR) is 96.9 cm³/mol. The number of cyclic esters (lactones) is 1. The summed E-state index contributed by atoms with van der Waals surface area (Å²) in [6.45, 7) is 1.99. The number of carbonyl (C=O) groups is 1. The van der Waals surface area contributed by atoms with E-state index < -0.39 is 12.1 Å². The second-order valence-corrected chi connectivity index (χ2v) is 6.98. The Kier molecular flexibility index (Phi) is 5.26. The zero-order valence-corrected chi connectivity index (χ0v) is 14.4. The van der Waals surface area contributed by atoms with Crippen LogP contribution in [0.1, 0.15) is 29.2 Å². The van der Waals surface area contributed by atoms with E-state index in [0.717, 1.165) is 23.3 Å². The van der Waals surface area contributed by atoms with Crippen LogP contribution in [-0.2, 0) is 16.0 Å². The van der Waals surface area contributed by atoms with Crippen LogP contribution in [0.2, 0.25) is 0 Å². The Morgan fingerprint density at radius 3 is 2.67 bits per heavy atom. The summed E-state index contributed by atoms with van der Waals surface area (Å²) >= 11 is 1.36. The van der Waals surface area contributed by atoms with E-state index in [9.17, 15) is 9.90 Å². The van der Waals surface area contributed by atoms with Gasteiger partial charge in [0.25, 0.3) is 0 Å². The van der Waals surface area contributed by atoms with E-state index >= 15 is 0 Å². The van der Waals surface area contributed by atoms with Crippen LogP contribution in [0.15, 0.2) is 65.3 Å². The van der Waals surface area contributed by atoms with Crippen LogP contribution >= 0.6 is 11.8 Å². The zero-order valence-electron chi connectivity index (χ0n) is 13.6. The van der Waals surface area contributed by atoms with Crippen LogP contribution < -0.4 is 0 Å². The fourth-order valence-electron chi connectivity index (χ4n) is 2.72. The summed E-state index contributed by atoms with van der Waals surface area (Å²) in [5.41, 5.74) is 3.24. The monoisotopic (exact) mass is 340 g/mol. The second-order valence-electron chi connectivity index (χ2n) is 5.87. The standard InChI is InChI=1S/C20H20O3S/c1-14-6-5-9-16(12-14)18-13-17(21)19(20(22)23-18)24-11-10-15-7-3-2-4-8-15/h2-9,12,18,21H,10-11,13H2,1H3. The first-order valence-electron chi connectivity index (χ1n) is 8.00. The highest BCUT2D eigenvalue weighted by Gasteiger charge is 2.30. The second kappa shape index (κ2) is 7.58. The smallest absolute Gasteiger partial charge is 0.348 e. The highest BCUT2D eigenvalue weighted by molar-refractivity contribution is 8.04. The highest BCUT2D eigenvalue weighted by atomic mass is 32.2. The highest BCUT2D eigenvalue weighted by Crippen LogP contribution is 2.36. The van der Waals surface area contributed by atoms with Crippen molar-refractivity contribution in [2.24, 2.45) is 0 Å². The van der Waals surface area contributed by atoms with Crippen LogP contribution in [0.5, 0.6) is 0 Å². The van der Waals surface area contributed by atoms with Crippen LogP contribution in [0.4, 0.5) is 0 Å². The lowest BCUT2D eigenvalue weighted by molar-refractivity contribution is -0.146. The lowest BCUT2D eigenvalue weighted by Crippen LogP contribution is -2.20. The van der Waals surface area contributed by atoms with Crippen LogP contribution in [0.3, 0.4) is 0 Å². The van der Waals surface area contributed by atoms with Gasteiger partial charge in [-0.05, 0) is 24.5 Å². The van der Waals surface area contributed by atoms with Gasteiger partial charge in [-0.1, -0.05) is 60.2 Å². The lowest BCUT2D eigenvalue weighted by atomic mass is 10.0. The van der Waals surface area contributed by atoms with Gasteiger partial charge >= 0.3 is 5.97 Å². The topological polar surface area (TPSA) is 46.5 Å². The molecule has 1 aliphatic heterocycles. The maximum atomic E-state index is 12.3. The van der Waals surface area contributed by atoms with Crippen molar-refractivity contribution < 1.29 is 14.6 Å². The van der Waals surface area contributed by atoms with Gasteiger partial charge in [-0.15, -0.1) is 11.8 Å². The van der Waals surface area contributed by atoms with Crippen molar-refractivity contribution in [3.63, 3.8) is 0 Å². The Labute approximate surface area is 146 Å². The molecule has 2 aromatic carbocycles. The molecule has 0 saturated heterocycles. The van der Waals surface area contributed by atoms with E-state index in [4.69, 9.17) is 4.74 Å². The van der Waals surface area contributed by atoms with Gasteiger partial charge in [0.2, 0.25) is 0 Å². The molecule has 0 saturated carbocycles. The van der Waals surface area contributed by atoms with Crippen molar-refractivity contribution in [1.29, 1.82) is 0 Å². The molecule has 1 aliphatic rings. The number of ether oxygens (including phenoxy) is 1. The van der Waals surface area contributed by atoms with Crippen molar-refractivity contribution in [2.45, 2.75) is 25.9 Å². The minimum absolute atomic E-state index is 0.135. The van der Waals surface area contributed by atoms with Crippen molar-refractivity contribution in [3.8, 4) is 0 Å². The molecule has 0 fully saturated rings. The Morgan fingerprint density at radius 2 is 1.96 bits per heavy atom. The van der Waals surface area contributed by atoms with E-state index in [2.05, 4.69) is 12.1 Å². The van der Waals surface area contributed by atoms with E-state index in [1.807, 2.05) is 49.4 Å². The van der Waals surface area contributed by atoms with Gasteiger partial charge < -0.3 is 9.84 Å². The number of esters is 1. The van der Waals surface area contributed by atoms with Crippen molar-refractivity contribution in [3.05, 3.63) is 82.0 Å². The maximum absolute atomic E-state index is 12.3. The molecule has 1 N–H and O–H groups in total. The molecule has 0 aliphatic carbocycles. The van der Waals surface area contributed by atoms with Gasteiger partial charge in [0.1, 0.15) is 16.8 Å². The summed E-state index contributed by atoms with van der Waals surface area (Å²) in [6, 6.07) is 17.9. The Morgan fingerprint density at radius 1 is 1.17 bits per heavy atom. The first kappa shape index (κ1) is 16.7. The van der Waals surface area contributed by atoms with Crippen LogP contribution in [0, 0.1) is 6.92 Å². The third-order valence-corrected chi connectivity index (χ3v) is 5.07. The van der Waals surface area contributed by atoms with E-state index in [0.29, 0.717) is 11.3 Å². The molecule has 0 bridgehead atoms. The molecule has 1 unspecified atom stereocenters. The quantitative estimate of drug-likeness (QED) is 0.800. The van der Waals surface area contributed by atoms with Crippen molar-refractivity contribution >= 4 is 17.7 Å². The zero-order chi connectivity index (χ0) is 16.9. The minimum atomic E-state index is -0.427. The molecule has 124 valence electrons. The number of aliphatic hydroxyl groups is 1. The molecule has 1 heterocycles. The van der Waals surface area contributed by atoms with Gasteiger partial charge in [-0.2, -0.15) is 0 Å². The molecular weight excluding hydrogens is 320 g/mol. The van der Waals surface area contributed by atoms with Crippen LogP contribution in [0.25, 0.3) is 0 Å². The lowest BCUT2D eigenvalue weighted by Gasteiger charge is -2.24. The number of thioether (sulfide) groups is 1. The fraction of sp³-hybridized carbons (Fsp3) is 0.250. The summed E-state index contributed by atoms with van der Waals surface area (Å²) < 4.78 is 5.54. The number of rotatable bonds is 5. The molecule has 1 atom stereocenters. The largest absolute Gasteiger partial charge is 0.511 e. The van der Waals surface area contributed by atoms with E-state index in [-0.39, 0.29) is 5.76 Å². The van der Waals surface area contributed by atoms with Gasteiger partial charge in [-0.25, -0.2) is 4.79 Å². The van der Waals surface area contributed by atoms with Gasteiger partial charge in [0.05, 0.1) is 0 Å². The summed E-state index contributed by atoms with van der Waals surface area (Å²) in [6.07, 6.45) is 0.774. The average Bonchev–Trinajstić information content (AvgIpc) is 2.58. The maximum Gasteiger partial charge on any atom is 0.348 e. The van der Waals surface area contributed by atoms with E-state index in [1.165, 1.54) is 17.3 Å². The predicted octanol–water partition coefficient (Wildman–Crippen LogP) is 4.73. The van der Waals surface area contributed by atoms with Crippen molar-refractivity contribution in [2.75, 3.05) is 5.75 Å². The Hall–Kier alpha value is -2.20. The third-order valence-electron chi connectivity index (χ3n) is 3.97. The van der Waals surface area contributed by atoms with E-state index in [1.54, 1.807) is 0 Å². The van der Waals surface area contributed by atoms with Gasteiger partial charge in [0.15, 0.2) is 0 Å². The molecule has 0 spiro atoms. The number of benzene rings is 2. The number of hydrogen-bond donors (Lipinski definition) is 1. The summed E-state index contributed by atoms with van der Waals surface area (Å²) in [7, 11) is 0. The Balaban J connectivity index is 1.64. The number of aliphatic hydroxyl groups excluding tert-OH is 1. The molecular formula is C20H20O3S. The number of aryl methyl sites for hydroxylation is 2. The molecule has 0 radical (unpaired) electrons. The van der Waals surface area contributed by atoms with Crippen molar-refractivity contribution in [1.82, 2.24) is 0 Å². The fourth-order valence-corrected chi connectivity index (χ4v) is 3.68. The SMILES string of the molecule is Cc1cccc(C2CC(O)=C(SCCc3ccccc3)C(=O)O2)c1. The molecule has 3 rings (SSSR count). The minimum Gasteiger partial charge on any atom is -0.511 e. The molecule has 0 amide bonds. The first-order chi connectivity index (χ1) is 11.6. The molecule has 3 nitrogen and oxygen atoms in total. The Bertz CT molecular complexity index is 752. The summed E-state index contributed by atoms with van der Waals surface area (Å²) in [4.78, 5) is 12.6. The third kappa shape index (κ3) is 4.01. The molecule has 4 heteroatoms. The first-order valence-corrected chi connectivity index (χ1v) is 8.98. The van der Waals surface area contributed by atoms with Gasteiger partial charge in [0, 0.05) is 12.2 Å². The molecule has 0 aromatic heterocycles. The normalized spacial score (nSPS) is 17.7.